The van der Waals surface area contributed by atoms with E-state index in [1.165, 1.54) is 10.8 Å². The fraction of sp³-hybridized carbons (Fsp3) is 0.0769. The van der Waals surface area contributed by atoms with E-state index in [1.807, 2.05) is 42.5 Å². The first-order valence-electron chi connectivity index (χ1n) is 10.1. The lowest BCUT2D eigenvalue weighted by Gasteiger charge is -2.14. The maximum absolute atomic E-state index is 12.2. The predicted octanol–water partition coefficient (Wildman–Crippen LogP) is 6.40. The Kier molecular flexibility index (Phi) is 7.81. The van der Waals surface area contributed by atoms with Crippen LogP contribution in [0.1, 0.15) is 21.5 Å². The quantitative estimate of drug-likeness (QED) is 0.142. The molecule has 1 amide bonds. The number of halogens is 2. The minimum absolute atomic E-state index is 0.264. The minimum Gasteiger partial charge on any atom is -0.493 e. The Bertz CT molecular complexity index is 1320. The Morgan fingerprint density at radius 1 is 1.00 bits per heavy atom. The summed E-state index contributed by atoms with van der Waals surface area (Å²) in [6.45, 7) is 0.424. The van der Waals surface area contributed by atoms with E-state index in [4.69, 9.17) is 9.47 Å². The fourth-order valence-corrected chi connectivity index (χ4v) is 4.49. The number of amides is 1. The molecule has 4 aromatic rings. The largest absolute Gasteiger partial charge is 0.493 e. The van der Waals surface area contributed by atoms with Gasteiger partial charge in [-0.2, -0.15) is 5.10 Å². The van der Waals surface area contributed by atoms with Crippen LogP contribution in [0.15, 0.2) is 84.0 Å². The van der Waals surface area contributed by atoms with Gasteiger partial charge < -0.3 is 9.47 Å². The van der Waals surface area contributed by atoms with Crippen LogP contribution in [0.4, 0.5) is 0 Å². The highest BCUT2D eigenvalue weighted by Gasteiger charge is 2.12. The van der Waals surface area contributed by atoms with Crippen LogP contribution in [0.25, 0.3) is 10.8 Å². The maximum Gasteiger partial charge on any atom is 0.271 e. The molecule has 0 radical (unpaired) electrons. The molecule has 0 aliphatic heterocycles. The average molecular weight is 662 g/mol. The first-order valence-corrected chi connectivity index (χ1v) is 12.3. The summed E-state index contributed by atoms with van der Waals surface area (Å²) in [5, 5.41) is 6.44. The Morgan fingerprint density at radius 2 is 1.76 bits per heavy atom. The molecular weight excluding hydrogens is 642 g/mol. The number of hydrogen-bond acceptors (Lipinski definition) is 4. The van der Waals surface area contributed by atoms with Gasteiger partial charge in [0.05, 0.1) is 16.9 Å². The number of nitrogens with one attached hydrogen (secondary N) is 1. The van der Waals surface area contributed by atoms with Gasteiger partial charge in [-0.05, 0) is 103 Å². The molecule has 4 rings (SSSR count). The number of carbonyl (C=O) groups is 1. The lowest BCUT2D eigenvalue weighted by atomic mass is 10.1. The van der Waals surface area contributed by atoms with Gasteiger partial charge in [0.1, 0.15) is 6.61 Å². The van der Waals surface area contributed by atoms with Gasteiger partial charge in [0.2, 0.25) is 0 Å². The smallest absolute Gasteiger partial charge is 0.271 e. The summed E-state index contributed by atoms with van der Waals surface area (Å²) >= 11 is 4.42. The Labute approximate surface area is 219 Å². The first-order chi connectivity index (χ1) is 16.0. The summed E-state index contributed by atoms with van der Waals surface area (Å²) in [6, 6.07) is 25.5. The summed E-state index contributed by atoms with van der Waals surface area (Å²) in [7, 11) is 1.61. The zero-order valence-electron chi connectivity index (χ0n) is 17.7. The summed E-state index contributed by atoms with van der Waals surface area (Å²) in [6.07, 6.45) is 1.59. The third kappa shape index (κ3) is 5.83. The van der Waals surface area contributed by atoms with Gasteiger partial charge in [-0.1, -0.05) is 42.5 Å². The molecule has 0 aliphatic rings. The van der Waals surface area contributed by atoms with Crippen LogP contribution >= 0.6 is 45.2 Å². The van der Waals surface area contributed by atoms with Crippen molar-refractivity contribution >= 4 is 68.1 Å². The van der Waals surface area contributed by atoms with Crippen molar-refractivity contribution < 1.29 is 14.3 Å². The number of benzene rings is 4. The molecule has 1 N–H and O–H groups in total. The monoisotopic (exact) mass is 662 g/mol. The topological polar surface area (TPSA) is 59.9 Å². The molecule has 0 spiro atoms. The van der Waals surface area contributed by atoms with Gasteiger partial charge in [0, 0.05) is 9.13 Å². The maximum atomic E-state index is 12.2. The van der Waals surface area contributed by atoms with Crippen LogP contribution in [0.5, 0.6) is 11.5 Å². The van der Waals surface area contributed by atoms with Gasteiger partial charge in [-0.3, -0.25) is 4.79 Å². The van der Waals surface area contributed by atoms with Crippen LogP contribution in [0.2, 0.25) is 0 Å². The highest BCUT2D eigenvalue weighted by molar-refractivity contribution is 14.1. The number of ether oxygens (including phenoxy) is 2. The van der Waals surface area contributed by atoms with E-state index >= 15 is 0 Å². The second-order valence-electron chi connectivity index (χ2n) is 7.17. The lowest BCUT2D eigenvalue weighted by Crippen LogP contribution is -2.17. The van der Waals surface area contributed by atoms with E-state index in [0.29, 0.717) is 23.7 Å². The minimum atomic E-state index is -0.264. The van der Waals surface area contributed by atoms with Crippen LogP contribution in [0, 0.1) is 7.14 Å². The van der Waals surface area contributed by atoms with Crippen LogP contribution in [-0.4, -0.2) is 19.2 Å². The highest BCUT2D eigenvalue weighted by atomic mass is 127. The SMILES string of the molecule is COc1cc(/C=N\NC(=O)c2ccc(I)cc2)cc(I)c1OCc1cccc2ccccc12. The summed E-state index contributed by atoms with van der Waals surface area (Å²) in [4.78, 5) is 12.2. The molecular formula is C26H20I2N2O3. The van der Waals surface area contributed by atoms with E-state index < -0.39 is 0 Å². The standard InChI is InChI=1S/C26H20I2N2O3/c1-32-24-14-17(15-29-30-26(31)19-9-11-21(27)12-10-19)13-23(28)25(24)33-16-20-7-4-6-18-5-2-3-8-22(18)20/h2-15H,16H2,1H3,(H,30,31)/b29-15-. The Balaban J connectivity index is 1.47. The molecule has 4 aromatic carbocycles. The van der Waals surface area contributed by atoms with Crippen molar-refractivity contribution in [3.8, 4) is 11.5 Å². The molecule has 0 aromatic heterocycles. The molecule has 0 heterocycles. The van der Waals surface area contributed by atoms with Gasteiger partial charge in [-0.25, -0.2) is 5.43 Å². The molecule has 5 nitrogen and oxygen atoms in total. The normalized spacial score (nSPS) is 11.0. The second-order valence-corrected chi connectivity index (χ2v) is 9.57. The first kappa shape index (κ1) is 23.5. The summed E-state index contributed by atoms with van der Waals surface area (Å²) in [5.41, 5.74) is 5.00. The molecule has 0 bridgehead atoms. The summed E-state index contributed by atoms with van der Waals surface area (Å²) < 4.78 is 13.7. The van der Waals surface area contributed by atoms with E-state index in [2.05, 4.69) is 80.0 Å². The molecule has 0 unspecified atom stereocenters. The fourth-order valence-electron chi connectivity index (χ4n) is 3.35. The van der Waals surface area contributed by atoms with Crippen molar-refractivity contribution in [3.05, 3.63) is 103 Å². The Morgan fingerprint density at radius 3 is 2.55 bits per heavy atom. The van der Waals surface area contributed by atoms with Crippen LogP contribution in [0.3, 0.4) is 0 Å². The predicted molar refractivity (Wildman–Crippen MR) is 148 cm³/mol. The van der Waals surface area contributed by atoms with E-state index in [1.54, 1.807) is 25.5 Å². The third-order valence-corrected chi connectivity index (χ3v) is 6.51. The number of carbonyl (C=O) groups excluding carboxylic acids is 1. The van der Waals surface area contributed by atoms with E-state index in [9.17, 15) is 4.79 Å². The Hall–Kier alpha value is -2.66. The highest BCUT2D eigenvalue weighted by Crippen LogP contribution is 2.34. The molecule has 0 saturated carbocycles. The van der Waals surface area contributed by atoms with Crippen molar-refractivity contribution in [2.24, 2.45) is 5.10 Å². The van der Waals surface area contributed by atoms with Gasteiger partial charge >= 0.3 is 0 Å². The number of hydrogen-bond donors (Lipinski definition) is 1. The number of methoxy groups -OCH3 is 1. The molecule has 166 valence electrons. The second kappa shape index (κ2) is 11.0. The molecule has 0 saturated heterocycles. The molecule has 7 heteroatoms. The van der Waals surface area contributed by atoms with Crippen molar-refractivity contribution in [3.63, 3.8) is 0 Å². The van der Waals surface area contributed by atoms with Crippen LogP contribution < -0.4 is 14.9 Å². The van der Waals surface area contributed by atoms with E-state index in [0.717, 1.165) is 18.3 Å². The van der Waals surface area contributed by atoms with E-state index in [-0.39, 0.29) is 5.91 Å². The number of hydrazone groups is 1. The van der Waals surface area contributed by atoms with Crippen molar-refractivity contribution in [2.75, 3.05) is 7.11 Å². The van der Waals surface area contributed by atoms with Gasteiger partial charge in [0.15, 0.2) is 11.5 Å². The molecule has 0 atom stereocenters. The third-order valence-electron chi connectivity index (χ3n) is 4.99. The lowest BCUT2D eigenvalue weighted by molar-refractivity contribution is 0.0955. The van der Waals surface area contributed by atoms with Crippen molar-refractivity contribution in [2.45, 2.75) is 6.61 Å². The molecule has 33 heavy (non-hydrogen) atoms. The van der Waals surface area contributed by atoms with Crippen molar-refractivity contribution in [1.29, 1.82) is 0 Å². The zero-order chi connectivity index (χ0) is 23.2. The number of nitrogens with zero attached hydrogens (tertiary/aromatic N) is 1. The van der Waals surface area contributed by atoms with Crippen LogP contribution in [-0.2, 0) is 6.61 Å². The van der Waals surface area contributed by atoms with Crippen molar-refractivity contribution in [1.82, 2.24) is 5.43 Å². The number of fused-ring (bicyclic) bond motifs is 1. The summed E-state index contributed by atoms with van der Waals surface area (Å²) in [5.74, 6) is 1.01. The number of rotatable bonds is 7. The van der Waals surface area contributed by atoms with Gasteiger partial charge in [-0.15, -0.1) is 0 Å². The molecule has 0 aliphatic carbocycles. The zero-order valence-corrected chi connectivity index (χ0v) is 22.0. The molecule has 0 fully saturated rings. The average Bonchev–Trinajstić information content (AvgIpc) is 2.83. The van der Waals surface area contributed by atoms with Gasteiger partial charge in [0.25, 0.3) is 5.91 Å².